The smallest absolute Gasteiger partial charge is 0.379 e. The molecule has 1 heterocycles. The summed E-state index contributed by atoms with van der Waals surface area (Å²) >= 11 is 0. The molecule has 0 aliphatic carbocycles. The molecule has 1 unspecified atom stereocenters. The minimum Gasteiger partial charge on any atom is -0.379 e. The lowest BCUT2D eigenvalue weighted by molar-refractivity contribution is -0.145. The normalized spacial score (nSPS) is 21.4. The molecule has 0 radical (unpaired) electrons. The highest BCUT2D eigenvalue weighted by Crippen LogP contribution is 2.22. The summed E-state index contributed by atoms with van der Waals surface area (Å²) in [5, 5.41) is 0. The maximum Gasteiger partial charge on any atom is 0.501 e. The van der Waals surface area contributed by atoms with Gasteiger partial charge in [-0.15, -0.1) is 0 Å². The van der Waals surface area contributed by atoms with Gasteiger partial charge in [0.15, 0.2) is 5.79 Å². The van der Waals surface area contributed by atoms with Gasteiger partial charge in [0.05, 0.1) is 13.2 Å². The van der Waals surface area contributed by atoms with Crippen LogP contribution in [0, 0.1) is 0 Å². The van der Waals surface area contributed by atoms with Gasteiger partial charge in [-0.05, 0) is 41.0 Å². The van der Waals surface area contributed by atoms with E-state index >= 15 is 0 Å². The van der Waals surface area contributed by atoms with E-state index < -0.39 is 14.6 Å². The van der Waals surface area contributed by atoms with Gasteiger partial charge in [0.2, 0.25) is 0 Å². The third-order valence-electron chi connectivity index (χ3n) is 3.24. The lowest BCUT2D eigenvalue weighted by Gasteiger charge is -2.28. The average Bonchev–Trinajstić information content (AvgIpc) is 2.79. The highest BCUT2D eigenvalue weighted by molar-refractivity contribution is 6.60. The summed E-state index contributed by atoms with van der Waals surface area (Å²) in [6, 6.07) is 0.774. The van der Waals surface area contributed by atoms with E-state index in [1.807, 2.05) is 34.6 Å². The van der Waals surface area contributed by atoms with Crippen molar-refractivity contribution in [3.8, 4) is 0 Å². The van der Waals surface area contributed by atoms with E-state index in [9.17, 15) is 0 Å². The fourth-order valence-electron chi connectivity index (χ4n) is 2.45. The summed E-state index contributed by atoms with van der Waals surface area (Å²) < 4.78 is 34.3. The van der Waals surface area contributed by atoms with E-state index in [0.717, 1.165) is 12.5 Å². The van der Waals surface area contributed by atoms with Crippen molar-refractivity contribution >= 4 is 8.80 Å². The topological polar surface area (TPSA) is 55.4 Å². The van der Waals surface area contributed by atoms with Crippen molar-refractivity contribution in [2.24, 2.45) is 0 Å². The monoisotopic (exact) mass is 336 g/mol. The molecule has 0 aromatic heterocycles. The fraction of sp³-hybridized carbons (Fsp3) is 1.00. The van der Waals surface area contributed by atoms with Gasteiger partial charge in [-0.2, -0.15) is 0 Å². The molecule has 6 nitrogen and oxygen atoms in total. The zero-order valence-electron chi connectivity index (χ0n) is 14.7. The van der Waals surface area contributed by atoms with E-state index in [2.05, 4.69) is 0 Å². The van der Waals surface area contributed by atoms with Gasteiger partial charge in [0.1, 0.15) is 6.10 Å². The third-order valence-corrected chi connectivity index (χ3v) is 6.39. The maximum absolute atomic E-state index is 5.81. The molecule has 1 aliphatic heterocycles. The van der Waals surface area contributed by atoms with Crippen LogP contribution >= 0.6 is 0 Å². The van der Waals surface area contributed by atoms with Crippen molar-refractivity contribution in [2.45, 2.75) is 59.0 Å². The molecule has 7 heteroatoms. The Morgan fingerprint density at radius 3 is 2.09 bits per heavy atom. The van der Waals surface area contributed by atoms with Crippen molar-refractivity contribution in [3.05, 3.63) is 0 Å². The molecule has 1 atom stereocenters. The van der Waals surface area contributed by atoms with E-state index in [-0.39, 0.29) is 6.10 Å². The molecule has 0 saturated carbocycles. The van der Waals surface area contributed by atoms with Crippen molar-refractivity contribution in [2.75, 3.05) is 39.6 Å². The average molecular weight is 337 g/mol. The summed E-state index contributed by atoms with van der Waals surface area (Å²) in [5.41, 5.74) is 0. The Morgan fingerprint density at radius 2 is 1.64 bits per heavy atom. The maximum atomic E-state index is 5.81. The summed E-state index contributed by atoms with van der Waals surface area (Å²) in [5.74, 6) is -0.491. The van der Waals surface area contributed by atoms with Gasteiger partial charge in [-0.1, -0.05) is 0 Å². The van der Waals surface area contributed by atoms with Crippen molar-refractivity contribution in [1.82, 2.24) is 0 Å². The highest BCUT2D eigenvalue weighted by atomic mass is 28.4. The molecule has 0 bridgehead atoms. The largest absolute Gasteiger partial charge is 0.501 e. The minimum absolute atomic E-state index is 0.0164. The SMILES string of the molecule is CCO[Si](CCCOCC1COC(C)(C)O1)(OCC)OCC. The van der Waals surface area contributed by atoms with Crippen LogP contribution in [0.2, 0.25) is 6.04 Å². The Morgan fingerprint density at radius 1 is 1.05 bits per heavy atom. The van der Waals surface area contributed by atoms with Crippen molar-refractivity contribution < 1.29 is 27.5 Å². The number of hydrogen-bond donors (Lipinski definition) is 0. The molecule has 0 amide bonds. The second-order valence-corrected chi connectivity index (χ2v) is 8.34. The Balaban J connectivity index is 2.24. The zero-order chi connectivity index (χ0) is 16.5. The van der Waals surface area contributed by atoms with E-state index in [1.54, 1.807) is 0 Å². The van der Waals surface area contributed by atoms with Gasteiger partial charge in [-0.25, -0.2) is 0 Å². The van der Waals surface area contributed by atoms with Crippen LogP contribution in [0.15, 0.2) is 0 Å². The summed E-state index contributed by atoms with van der Waals surface area (Å²) in [6.45, 7) is 13.3. The van der Waals surface area contributed by atoms with Gasteiger partial charge in [-0.3, -0.25) is 0 Å². The number of rotatable bonds is 12. The molecule has 22 heavy (non-hydrogen) atoms. The molecule has 0 N–H and O–H groups in total. The second-order valence-electron chi connectivity index (χ2n) is 5.61. The third kappa shape index (κ3) is 7.04. The Hall–Kier alpha value is -0.0231. The first-order valence-corrected chi connectivity index (χ1v) is 10.2. The van der Waals surface area contributed by atoms with Crippen molar-refractivity contribution in [1.29, 1.82) is 0 Å². The van der Waals surface area contributed by atoms with Crippen LogP contribution in [0.3, 0.4) is 0 Å². The van der Waals surface area contributed by atoms with Crippen molar-refractivity contribution in [3.63, 3.8) is 0 Å². The van der Waals surface area contributed by atoms with Gasteiger partial charge >= 0.3 is 8.80 Å². The molecular weight excluding hydrogens is 304 g/mol. The highest BCUT2D eigenvalue weighted by Gasteiger charge is 2.39. The van der Waals surface area contributed by atoms with Crippen LogP contribution in [0.5, 0.6) is 0 Å². The fourth-order valence-corrected chi connectivity index (χ4v) is 5.03. The first-order chi connectivity index (χ1) is 10.5. The molecule has 1 rings (SSSR count). The van der Waals surface area contributed by atoms with E-state index in [4.69, 9.17) is 27.5 Å². The molecular formula is C15H32O6Si. The van der Waals surface area contributed by atoms with Gasteiger partial charge in [0.25, 0.3) is 0 Å². The Kier molecular flexibility index (Phi) is 9.07. The summed E-state index contributed by atoms with van der Waals surface area (Å²) in [6.07, 6.45) is 0.867. The van der Waals surface area contributed by atoms with Crippen LogP contribution in [-0.2, 0) is 27.5 Å². The van der Waals surface area contributed by atoms with Crippen LogP contribution in [0.4, 0.5) is 0 Å². The van der Waals surface area contributed by atoms with E-state index in [0.29, 0.717) is 39.6 Å². The number of hydrogen-bond acceptors (Lipinski definition) is 6. The predicted octanol–water partition coefficient (Wildman–Crippen LogP) is 2.59. The molecule has 0 spiro atoms. The lowest BCUT2D eigenvalue weighted by Crippen LogP contribution is -2.46. The second kappa shape index (κ2) is 9.97. The summed E-state index contributed by atoms with van der Waals surface area (Å²) in [4.78, 5) is 0. The van der Waals surface area contributed by atoms with Crippen LogP contribution in [0.1, 0.15) is 41.0 Å². The Labute approximate surface area is 135 Å². The Bertz CT molecular complexity index is 283. The predicted molar refractivity (Wildman–Crippen MR) is 85.8 cm³/mol. The van der Waals surface area contributed by atoms with E-state index in [1.165, 1.54) is 0 Å². The molecule has 1 fully saturated rings. The molecule has 0 aromatic carbocycles. The van der Waals surface area contributed by atoms with Crippen LogP contribution in [-0.4, -0.2) is 60.3 Å². The van der Waals surface area contributed by atoms with Gasteiger partial charge < -0.3 is 27.5 Å². The standard InChI is InChI=1S/C15H32O6Si/c1-6-18-22(19-7-2,20-8-3)11-9-10-16-12-14-13-17-15(4,5)21-14/h14H,6-13H2,1-5H3. The zero-order valence-corrected chi connectivity index (χ0v) is 15.7. The van der Waals surface area contributed by atoms with Crippen LogP contribution < -0.4 is 0 Å². The number of ether oxygens (including phenoxy) is 3. The molecule has 132 valence electrons. The minimum atomic E-state index is -2.54. The lowest BCUT2D eigenvalue weighted by atomic mass is 10.4. The quantitative estimate of drug-likeness (QED) is 0.403. The molecule has 1 aliphatic rings. The van der Waals surface area contributed by atoms with Crippen LogP contribution in [0.25, 0.3) is 0 Å². The molecule has 1 saturated heterocycles. The molecule has 0 aromatic rings. The first kappa shape index (κ1) is 20.0. The summed E-state index contributed by atoms with van der Waals surface area (Å²) in [7, 11) is -2.54. The van der Waals surface area contributed by atoms with Gasteiger partial charge in [0, 0.05) is 32.5 Å². The first-order valence-electron chi connectivity index (χ1n) is 8.28.